The van der Waals surface area contributed by atoms with Crippen LogP contribution in [-0.4, -0.2) is 17.6 Å². The molecule has 0 fully saturated rings. The van der Waals surface area contributed by atoms with Gasteiger partial charge in [-0.1, -0.05) is 42.5 Å². The second-order valence-electron chi connectivity index (χ2n) is 6.33. The van der Waals surface area contributed by atoms with Gasteiger partial charge in [-0.25, -0.2) is 0 Å². The van der Waals surface area contributed by atoms with E-state index >= 15 is 0 Å². The highest BCUT2D eigenvalue weighted by molar-refractivity contribution is 7.18. The monoisotopic (exact) mass is 416 g/mol. The van der Waals surface area contributed by atoms with E-state index in [2.05, 4.69) is 10.6 Å². The first-order valence-electron chi connectivity index (χ1n) is 9.06. The van der Waals surface area contributed by atoms with E-state index in [0.29, 0.717) is 26.7 Å². The minimum atomic E-state index is -0.388. The first-order valence-corrected chi connectivity index (χ1v) is 9.88. The van der Waals surface area contributed by atoms with Crippen molar-refractivity contribution in [2.45, 2.75) is 0 Å². The van der Waals surface area contributed by atoms with Crippen molar-refractivity contribution < 1.29 is 18.8 Å². The lowest BCUT2D eigenvalue weighted by Gasteiger charge is -2.06. The Morgan fingerprint density at radius 3 is 2.30 bits per heavy atom. The number of rotatable bonds is 6. The lowest BCUT2D eigenvalue weighted by molar-refractivity contribution is 0.0994. The van der Waals surface area contributed by atoms with Crippen LogP contribution >= 0.6 is 11.3 Å². The molecule has 0 aliphatic carbocycles. The summed E-state index contributed by atoms with van der Waals surface area (Å²) in [6.07, 6.45) is 1.42. The Morgan fingerprint density at radius 1 is 0.733 bits per heavy atom. The van der Waals surface area contributed by atoms with Crippen molar-refractivity contribution in [1.82, 2.24) is 0 Å². The lowest BCUT2D eigenvalue weighted by atomic mass is 10.0. The molecule has 0 saturated heterocycles. The standard InChI is InChI=1S/C23H16N2O4S/c26-21(15-6-2-1-3-7-15)16-8-4-9-17(14-16)24-23(28)19-11-12-20(30-19)25-22(27)18-10-5-13-29-18/h1-14H,(H,24,28)(H,25,27). The van der Waals surface area contributed by atoms with Gasteiger partial charge in [-0.05, 0) is 36.4 Å². The van der Waals surface area contributed by atoms with Gasteiger partial charge in [0.25, 0.3) is 11.8 Å². The summed E-state index contributed by atoms with van der Waals surface area (Å²) in [5.74, 6) is -0.649. The second-order valence-corrected chi connectivity index (χ2v) is 7.41. The molecule has 2 aromatic carbocycles. The van der Waals surface area contributed by atoms with E-state index in [1.807, 2.05) is 6.07 Å². The first kappa shape index (κ1) is 19.4. The average molecular weight is 416 g/mol. The van der Waals surface area contributed by atoms with Gasteiger partial charge >= 0.3 is 0 Å². The molecule has 6 nitrogen and oxygen atoms in total. The van der Waals surface area contributed by atoms with Gasteiger partial charge in [0.1, 0.15) is 0 Å². The van der Waals surface area contributed by atoms with Gasteiger partial charge in [-0.3, -0.25) is 14.4 Å². The van der Waals surface area contributed by atoms with Crippen molar-refractivity contribution in [3.63, 3.8) is 0 Å². The molecule has 4 rings (SSSR count). The fraction of sp³-hybridized carbons (Fsp3) is 0. The Balaban J connectivity index is 1.44. The molecule has 148 valence electrons. The average Bonchev–Trinajstić information content (AvgIpc) is 3.46. The van der Waals surface area contributed by atoms with Crippen molar-refractivity contribution in [3.8, 4) is 0 Å². The van der Waals surface area contributed by atoms with Gasteiger partial charge in [0.05, 0.1) is 16.1 Å². The van der Waals surface area contributed by atoms with Crippen molar-refractivity contribution in [2.75, 3.05) is 10.6 Å². The Morgan fingerprint density at radius 2 is 1.53 bits per heavy atom. The summed E-state index contributed by atoms with van der Waals surface area (Å²) < 4.78 is 5.05. The van der Waals surface area contributed by atoms with Crippen LogP contribution in [0.1, 0.15) is 36.1 Å². The molecule has 0 aliphatic rings. The predicted octanol–water partition coefficient (Wildman–Crippen LogP) is 5.08. The van der Waals surface area contributed by atoms with Crippen LogP contribution in [0.2, 0.25) is 0 Å². The van der Waals surface area contributed by atoms with E-state index in [1.54, 1.807) is 72.8 Å². The third kappa shape index (κ3) is 4.37. The zero-order chi connectivity index (χ0) is 20.9. The molecule has 2 amide bonds. The smallest absolute Gasteiger partial charge is 0.291 e. The van der Waals surface area contributed by atoms with E-state index in [4.69, 9.17) is 4.42 Å². The highest BCUT2D eigenvalue weighted by atomic mass is 32.1. The molecule has 2 aromatic heterocycles. The maximum absolute atomic E-state index is 12.6. The number of carbonyl (C=O) groups excluding carboxylic acids is 3. The molecule has 4 aromatic rings. The molecule has 30 heavy (non-hydrogen) atoms. The zero-order valence-corrected chi connectivity index (χ0v) is 16.4. The topological polar surface area (TPSA) is 88.4 Å². The summed E-state index contributed by atoms with van der Waals surface area (Å²) in [5, 5.41) is 6.00. The fourth-order valence-corrected chi connectivity index (χ4v) is 3.59. The van der Waals surface area contributed by atoms with Crippen molar-refractivity contribution >= 4 is 39.6 Å². The summed E-state index contributed by atoms with van der Waals surface area (Å²) >= 11 is 1.14. The summed E-state index contributed by atoms with van der Waals surface area (Å²) in [6, 6.07) is 22.2. The highest BCUT2D eigenvalue weighted by Crippen LogP contribution is 2.24. The molecule has 2 heterocycles. The van der Waals surface area contributed by atoms with Crippen LogP contribution in [0.5, 0.6) is 0 Å². The van der Waals surface area contributed by atoms with Crippen molar-refractivity contribution in [1.29, 1.82) is 0 Å². The highest BCUT2D eigenvalue weighted by Gasteiger charge is 2.15. The summed E-state index contributed by atoms with van der Waals surface area (Å²) in [5.41, 5.74) is 1.57. The molecule has 0 saturated carbocycles. The van der Waals surface area contributed by atoms with Crippen LogP contribution in [0.25, 0.3) is 0 Å². The number of amides is 2. The third-order valence-electron chi connectivity index (χ3n) is 4.23. The minimum absolute atomic E-state index is 0.120. The number of benzene rings is 2. The van der Waals surface area contributed by atoms with Gasteiger partial charge in [-0.2, -0.15) is 0 Å². The largest absolute Gasteiger partial charge is 0.459 e. The van der Waals surface area contributed by atoms with E-state index in [1.165, 1.54) is 6.26 Å². The molecule has 0 radical (unpaired) electrons. The Bertz CT molecular complexity index is 1200. The van der Waals surface area contributed by atoms with Crippen LogP contribution in [-0.2, 0) is 0 Å². The normalized spacial score (nSPS) is 10.4. The minimum Gasteiger partial charge on any atom is -0.459 e. The van der Waals surface area contributed by atoms with Crippen LogP contribution in [0.3, 0.4) is 0 Å². The van der Waals surface area contributed by atoms with Gasteiger partial charge in [0, 0.05) is 16.8 Å². The summed E-state index contributed by atoms with van der Waals surface area (Å²) in [6.45, 7) is 0. The van der Waals surface area contributed by atoms with E-state index < -0.39 is 0 Å². The number of hydrogen-bond acceptors (Lipinski definition) is 5. The molecule has 7 heteroatoms. The van der Waals surface area contributed by atoms with Gasteiger partial charge in [-0.15, -0.1) is 11.3 Å². The maximum Gasteiger partial charge on any atom is 0.291 e. The first-order chi connectivity index (χ1) is 14.6. The second kappa shape index (κ2) is 8.59. The summed E-state index contributed by atoms with van der Waals surface area (Å²) in [4.78, 5) is 37.6. The number of nitrogens with one attached hydrogen (secondary N) is 2. The number of furan rings is 1. The maximum atomic E-state index is 12.6. The zero-order valence-electron chi connectivity index (χ0n) is 15.6. The number of ketones is 1. The number of hydrogen-bond donors (Lipinski definition) is 2. The Hall–Kier alpha value is -3.97. The van der Waals surface area contributed by atoms with Crippen LogP contribution in [0, 0.1) is 0 Å². The number of thiophene rings is 1. The Labute approximate surface area is 176 Å². The van der Waals surface area contributed by atoms with E-state index in [0.717, 1.165) is 11.3 Å². The molecular weight excluding hydrogens is 400 g/mol. The SMILES string of the molecule is O=C(c1ccccc1)c1cccc(NC(=O)c2ccc(NC(=O)c3ccco3)s2)c1. The van der Waals surface area contributed by atoms with E-state index in [9.17, 15) is 14.4 Å². The molecule has 2 N–H and O–H groups in total. The molecule has 0 spiro atoms. The van der Waals surface area contributed by atoms with Crippen LogP contribution < -0.4 is 10.6 Å². The van der Waals surface area contributed by atoms with Crippen LogP contribution in [0.4, 0.5) is 10.7 Å². The molecular formula is C23H16N2O4S. The van der Waals surface area contributed by atoms with Crippen LogP contribution in [0.15, 0.2) is 89.5 Å². The van der Waals surface area contributed by atoms with Crippen molar-refractivity contribution in [2.24, 2.45) is 0 Å². The lowest BCUT2D eigenvalue weighted by Crippen LogP contribution is -2.11. The molecule has 0 aliphatic heterocycles. The third-order valence-corrected chi connectivity index (χ3v) is 5.23. The Kier molecular flexibility index (Phi) is 5.54. The quantitative estimate of drug-likeness (QED) is 0.429. The van der Waals surface area contributed by atoms with Crippen molar-refractivity contribution in [3.05, 3.63) is 107 Å². The number of anilines is 2. The molecule has 0 unspecified atom stereocenters. The molecule has 0 bridgehead atoms. The van der Waals surface area contributed by atoms with Gasteiger partial charge in [0.15, 0.2) is 11.5 Å². The molecule has 0 atom stereocenters. The summed E-state index contributed by atoms with van der Waals surface area (Å²) in [7, 11) is 0. The predicted molar refractivity (Wildman–Crippen MR) is 115 cm³/mol. The fourth-order valence-electron chi connectivity index (χ4n) is 2.80. The van der Waals surface area contributed by atoms with Gasteiger partial charge < -0.3 is 15.1 Å². The van der Waals surface area contributed by atoms with E-state index in [-0.39, 0.29) is 23.4 Å². The number of carbonyl (C=O) groups is 3. The van der Waals surface area contributed by atoms with Gasteiger partial charge in [0.2, 0.25) is 0 Å².